The zero-order chi connectivity index (χ0) is 19.2. The van der Waals surface area contributed by atoms with E-state index in [0.717, 1.165) is 24.5 Å². The monoisotopic (exact) mass is 368 g/mol. The first-order valence-electron chi connectivity index (χ1n) is 8.88. The minimum Gasteiger partial charge on any atom is -0.497 e. The van der Waals surface area contributed by atoms with Crippen molar-refractivity contribution in [3.8, 4) is 5.75 Å². The molecule has 0 aliphatic carbocycles. The molecule has 7 nitrogen and oxygen atoms in total. The van der Waals surface area contributed by atoms with E-state index in [9.17, 15) is 9.59 Å². The second-order valence-electron chi connectivity index (χ2n) is 6.37. The highest BCUT2D eigenvalue weighted by atomic mass is 16.5. The minimum absolute atomic E-state index is 0.139. The fourth-order valence-corrected chi connectivity index (χ4v) is 3.06. The van der Waals surface area contributed by atoms with Crippen molar-refractivity contribution in [2.24, 2.45) is 0 Å². The van der Waals surface area contributed by atoms with Gasteiger partial charge in [0.15, 0.2) is 0 Å². The summed E-state index contributed by atoms with van der Waals surface area (Å²) in [5.74, 6) is 0.680. The molecular formula is C20H24N4O3. The summed E-state index contributed by atoms with van der Waals surface area (Å²) in [7, 11) is 1.66. The molecule has 2 aromatic rings. The molecule has 7 heteroatoms. The first-order valence-corrected chi connectivity index (χ1v) is 8.88. The molecule has 1 aliphatic heterocycles. The summed E-state index contributed by atoms with van der Waals surface area (Å²) in [5.41, 5.74) is 2.40. The highest BCUT2D eigenvalue weighted by molar-refractivity contribution is 5.92. The van der Waals surface area contributed by atoms with Gasteiger partial charge in [0.1, 0.15) is 5.75 Å². The van der Waals surface area contributed by atoms with Crippen molar-refractivity contribution in [3.63, 3.8) is 0 Å². The zero-order valence-electron chi connectivity index (χ0n) is 15.6. The fourth-order valence-electron chi connectivity index (χ4n) is 3.06. The summed E-state index contributed by atoms with van der Waals surface area (Å²) in [5, 5.41) is 5.61. The lowest BCUT2D eigenvalue weighted by Gasteiger charge is -2.36. The van der Waals surface area contributed by atoms with Gasteiger partial charge in [0.05, 0.1) is 7.11 Å². The fraction of sp³-hybridized carbons (Fsp3) is 0.300. The number of benzene rings is 2. The van der Waals surface area contributed by atoms with E-state index in [0.29, 0.717) is 24.5 Å². The molecule has 0 unspecified atom stereocenters. The number of ether oxygens (including phenoxy) is 1. The van der Waals surface area contributed by atoms with Crippen molar-refractivity contribution in [2.75, 3.05) is 48.8 Å². The maximum Gasteiger partial charge on any atom is 0.321 e. The largest absolute Gasteiger partial charge is 0.497 e. The van der Waals surface area contributed by atoms with Gasteiger partial charge in [-0.05, 0) is 30.3 Å². The lowest BCUT2D eigenvalue weighted by molar-refractivity contribution is -0.114. The summed E-state index contributed by atoms with van der Waals surface area (Å²) in [6, 6.07) is 14.9. The summed E-state index contributed by atoms with van der Waals surface area (Å²) in [6.07, 6.45) is 0. The molecule has 27 heavy (non-hydrogen) atoms. The van der Waals surface area contributed by atoms with E-state index in [2.05, 4.69) is 15.5 Å². The number of methoxy groups -OCH3 is 1. The molecule has 142 valence electrons. The van der Waals surface area contributed by atoms with Gasteiger partial charge in [-0.15, -0.1) is 0 Å². The Morgan fingerprint density at radius 3 is 2.26 bits per heavy atom. The van der Waals surface area contributed by atoms with Gasteiger partial charge < -0.3 is 25.2 Å². The van der Waals surface area contributed by atoms with Crippen molar-refractivity contribution < 1.29 is 14.3 Å². The molecule has 0 radical (unpaired) electrons. The van der Waals surface area contributed by atoms with Gasteiger partial charge in [0.25, 0.3) is 0 Å². The molecule has 0 aromatic heterocycles. The predicted octanol–water partition coefficient (Wildman–Crippen LogP) is 3.01. The van der Waals surface area contributed by atoms with Crippen LogP contribution in [0.4, 0.5) is 21.9 Å². The standard InChI is InChI=1S/C20H24N4O3/c1-15(25)21-16-5-3-6-17(13-16)22-20(26)24-11-9-23(10-12-24)18-7-4-8-19(14-18)27-2/h3-8,13-14H,9-12H2,1-2H3,(H,21,25)(H,22,26). The van der Waals surface area contributed by atoms with Crippen molar-refractivity contribution in [1.82, 2.24) is 4.90 Å². The van der Waals surface area contributed by atoms with Crippen LogP contribution in [0, 0.1) is 0 Å². The Kier molecular flexibility index (Phi) is 5.80. The number of rotatable bonds is 4. The van der Waals surface area contributed by atoms with Crippen LogP contribution >= 0.6 is 0 Å². The van der Waals surface area contributed by atoms with Gasteiger partial charge in [0, 0.05) is 56.2 Å². The van der Waals surface area contributed by atoms with E-state index in [1.165, 1.54) is 6.92 Å². The molecule has 0 bridgehead atoms. The minimum atomic E-state index is -0.146. The van der Waals surface area contributed by atoms with Crippen LogP contribution < -0.4 is 20.3 Å². The Bertz CT molecular complexity index is 816. The number of carbonyl (C=O) groups excluding carboxylic acids is 2. The van der Waals surface area contributed by atoms with Crippen LogP contribution in [0.5, 0.6) is 5.75 Å². The topological polar surface area (TPSA) is 73.9 Å². The number of nitrogens with one attached hydrogen (secondary N) is 2. The SMILES string of the molecule is COc1cccc(N2CCN(C(=O)Nc3cccc(NC(C)=O)c3)CC2)c1. The zero-order valence-corrected chi connectivity index (χ0v) is 15.6. The maximum atomic E-state index is 12.5. The van der Waals surface area contributed by atoms with E-state index in [1.807, 2.05) is 24.3 Å². The molecule has 0 saturated carbocycles. The van der Waals surface area contributed by atoms with E-state index < -0.39 is 0 Å². The summed E-state index contributed by atoms with van der Waals surface area (Å²) in [6.45, 7) is 4.23. The van der Waals surface area contributed by atoms with Crippen LogP contribution in [0.3, 0.4) is 0 Å². The molecule has 3 amide bonds. The van der Waals surface area contributed by atoms with Gasteiger partial charge in [-0.1, -0.05) is 12.1 Å². The molecular weight excluding hydrogens is 344 g/mol. The Morgan fingerprint density at radius 2 is 1.59 bits per heavy atom. The Labute approximate surface area is 158 Å². The number of amides is 3. The predicted molar refractivity (Wildman–Crippen MR) is 107 cm³/mol. The number of hydrogen-bond donors (Lipinski definition) is 2. The number of piperazine rings is 1. The van der Waals surface area contributed by atoms with E-state index >= 15 is 0 Å². The third-order valence-corrected chi connectivity index (χ3v) is 4.42. The summed E-state index contributed by atoms with van der Waals surface area (Å²) < 4.78 is 5.28. The average molecular weight is 368 g/mol. The van der Waals surface area contributed by atoms with Crippen LogP contribution in [0.25, 0.3) is 0 Å². The first kappa shape index (κ1) is 18.6. The summed E-state index contributed by atoms with van der Waals surface area (Å²) in [4.78, 5) is 27.7. The molecule has 1 aliphatic rings. The smallest absolute Gasteiger partial charge is 0.321 e. The quantitative estimate of drug-likeness (QED) is 0.870. The number of hydrogen-bond acceptors (Lipinski definition) is 4. The number of anilines is 3. The molecule has 1 fully saturated rings. The van der Waals surface area contributed by atoms with Gasteiger partial charge >= 0.3 is 6.03 Å². The maximum absolute atomic E-state index is 12.5. The summed E-state index contributed by atoms with van der Waals surface area (Å²) >= 11 is 0. The van der Waals surface area contributed by atoms with Gasteiger partial charge in [-0.2, -0.15) is 0 Å². The lowest BCUT2D eigenvalue weighted by atomic mass is 10.2. The molecule has 2 N–H and O–H groups in total. The van der Waals surface area contributed by atoms with Crippen LogP contribution in [-0.2, 0) is 4.79 Å². The molecule has 0 spiro atoms. The molecule has 1 heterocycles. The Morgan fingerprint density at radius 1 is 0.926 bits per heavy atom. The van der Waals surface area contributed by atoms with Crippen molar-refractivity contribution in [2.45, 2.75) is 6.92 Å². The second-order valence-corrected chi connectivity index (χ2v) is 6.37. The third kappa shape index (κ3) is 4.91. The average Bonchev–Trinajstić information content (AvgIpc) is 2.68. The Balaban J connectivity index is 1.56. The van der Waals surface area contributed by atoms with Gasteiger partial charge in [-0.25, -0.2) is 4.79 Å². The first-order chi connectivity index (χ1) is 13.0. The number of urea groups is 1. The molecule has 3 rings (SSSR count). The molecule has 2 aromatic carbocycles. The van der Waals surface area contributed by atoms with E-state index in [1.54, 1.807) is 36.3 Å². The van der Waals surface area contributed by atoms with E-state index in [4.69, 9.17) is 4.74 Å². The van der Waals surface area contributed by atoms with Crippen LogP contribution in [0.15, 0.2) is 48.5 Å². The van der Waals surface area contributed by atoms with Crippen LogP contribution in [0.2, 0.25) is 0 Å². The third-order valence-electron chi connectivity index (χ3n) is 4.42. The van der Waals surface area contributed by atoms with E-state index in [-0.39, 0.29) is 11.9 Å². The van der Waals surface area contributed by atoms with Gasteiger partial charge in [-0.3, -0.25) is 4.79 Å². The van der Waals surface area contributed by atoms with Gasteiger partial charge in [0.2, 0.25) is 5.91 Å². The highest BCUT2D eigenvalue weighted by Crippen LogP contribution is 2.22. The van der Waals surface area contributed by atoms with Crippen LogP contribution in [-0.4, -0.2) is 50.1 Å². The highest BCUT2D eigenvalue weighted by Gasteiger charge is 2.21. The van der Waals surface area contributed by atoms with Crippen LogP contribution in [0.1, 0.15) is 6.92 Å². The number of carbonyl (C=O) groups is 2. The van der Waals surface area contributed by atoms with Crippen molar-refractivity contribution >= 4 is 29.0 Å². The molecule has 0 atom stereocenters. The van der Waals surface area contributed by atoms with Crippen molar-refractivity contribution in [1.29, 1.82) is 0 Å². The lowest BCUT2D eigenvalue weighted by Crippen LogP contribution is -2.50. The second kappa shape index (κ2) is 8.44. The van der Waals surface area contributed by atoms with Crippen molar-refractivity contribution in [3.05, 3.63) is 48.5 Å². The molecule has 1 saturated heterocycles. The Hall–Kier alpha value is -3.22. The normalized spacial score (nSPS) is 13.9. The number of nitrogens with zero attached hydrogens (tertiary/aromatic N) is 2.